The lowest BCUT2D eigenvalue weighted by atomic mass is 9.80. The molecule has 88 valence electrons. The molecule has 1 saturated heterocycles. The number of likely N-dealkylation sites (tertiary alicyclic amines) is 1. The van der Waals surface area contributed by atoms with Crippen LogP contribution in [0.4, 0.5) is 0 Å². The van der Waals surface area contributed by atoms with Crippen molar-refractivity contribution in [2.45, 2.75) is 11.8 Å². The van der Waals surface area contributed by atoms with Crippen LogP contribution in [0, 0.1) is 0 Å². The molecular formula is C13H19NO2. The molecule has 16 heavy (non-hydrogen) atoms. The summed E-state index contributed by atoms with van der Waals surface area (Å²) in [5, 5.41) is 9.66. The number of hydrogen-bond acceptors (Lipinski definition) is 3. The summed E-state index contributed by atoms with van der Waals surface area (Å²) in [7, 11) is 3.76. The molecule has 2 rings (SSSR count). The first-order valence-corrected chi connectivity index (χ1v) is 5.64. The monoisotopic (exact) mass is 221 g/mol. The number of aliphatic hydroxyl groups excluding tert-OH is 1. The zero-order chi connectivity index (χ0) is 11.6. The predicted molar refractivity (Wildman–Crippen MR) is 63.9 cm³/mol. The van der Waals surface area contributed by atoms with E-state index in [2.05, 4.69) is 24.1 Å². The summed E-state index contributed by atoms with van der Waals surface area (Å²) in [5.74, 6) is 0.864. The smallest absolute Gasteiger partial charge is 0.118 e. The van der Waals surface area contributed by atoms with Crippen LogP contribution in [-0.2, 0) is 5.41 Å². The second kappa shape index (κ2) is 4.44. The first-order valence-electron chi connectivity index (χ1n) is 5.64. The minimum absolute atomic E-state index is 0.0823. The normalized spacial score (nSPS) is 25.9. The second-order valence-corrected chi connectivity index (χ2v) is 4.65. The van der Waals surface area contributed by atoms with E-state index in [-0.39, 0.29) is 12.0 Å². The molecule has 0 aliphatic carbocycles. The van der Waals surface area contributed by atoms with Crippen molar-refractivity contribution in [1.82, 2.24) is 4.90 Å². The molecule has 1 unspecified atom stereocenters. The fourth-order valence-corrected chi connectivity index (χ4v) is 2.48. The fraction of sp³-hybridized carbons (Fsp3) is 0.538. The van der Waals surface area contributed by atoms with E-state index in [9.17, 15) is 5.11 Å². The Bertz CT molecular complexity index is 349. The zero-order valence-corrected chi connectivity index (χ0v) is 9.94. The van der Waals surface area contributed by atoms with Gasteiger partial charge in [-0.2, -0.15) is 0 Å². The van der Waals surface area contributed by atoms with E-state index in [1.54, 1.807) is 7.11 Å². The van der Waals surface area contributed by atoms with Gasteiger partial charge in [0.15, 0.2) is 0 Å². The van der Waals surface area contributed by atoms with Gasteiger partial charge in [0, 0.05) is 12.0 Å². The number of benzene rings is 1. The second-order valence-electron chi connectivity index (χ2n) is 4.65. The number of nitrogens with zero attached hydrogens (tertiary/aromatic N) is 1. The number of hydrogen-bond donors (Lipinski definition) is 1. The number of ether oxygens (including phenoxy) is 1. The minimum Gasteiger partial charge on any atom is -0.497 e. The fourth-order valence-electron chi connectivity index (χ4n) is 2.48. The third-order valence-electron chi connectivity index (χ3n) is 3.55. The highest BCUT2D eigenvalue weighted by atomic mass is 16.5. The van der Waals surface area contributed by atoms with Gasteiger partial charge >= 0.3 is 0 Å². The van der Waals surface area contributed by atoms with Crippen LogP contribution in [0.15, 0.2) is 24.3 Å². The molecule has 0 aromatic heterocycles. The molecule has 3 nitrogen and oxygen atoms in total. The van der Waals surface area contributed by atoms with E-state index >= 15 is 0 Å². The van der Waals surface area contributed by atoms with Crippen molar-refractivity contribution >= 4 is 0 Å². The average molecular weight is 221 g/mol. The number of rotatable bonds is 3. The Morgan fingerprint density at radius 3 is 2.50 bits per heavy atom. The van der Waals surface area contributed by atoms with Gasteiger partial charge in [-0.25, -0.2) is 0 Å². The van der Waals surface area contributed by atoms with Gasteiger partial charge in [-0.15, -0.1) is 0 Å². The maximum absolute atomic E-state index is 9.66. The van der Waals surface area contributed by atoms with Crippen molar-refractivity contribution in [2.75, 3.05) is 33.9 Å². The molecule has 1 aromatic rings. The third-order valence-corrected chi connectivity index (χ3v) is 3.55. The van der Waals surface area contributed by atoms with Crippen LogP contribution in [0.3, 0.4) is 0 Å². The van der Waals surface area contributed by atoms with Gasteiger partial charge in [-0.1, -0.05) is 12.1 Å². The van der Waals surface area contributed by atoms with Gasteiger partial charge in [0.2, 0.25) is 0 Å². The quantitative estimate of drug-likeness (QED) is 0.834. The molecule has 0 radical (unpaired) electrons. The molecule has 1 fully saturated rings. The zero-order valence-electron chi connectivity index (χ0n) is 9.94. The van der Waals surface area contributed by atoms with Gasteiger partial charge in [-0.05, 0) is 37.7 Å². The van der Waals surface area contributed by atoms with Crippen LogP contribution < -0.4 is 4.74 Å². The lowest BCUT2D eigenvalue weighted by Gasteiger charge is -2.27. The lowest BCUT2D eigenvalue weighted by molar-refractivity contribution is 0.195. The topological polar surface area (TPSA) is 32.7 Å². The molecule has 0 amide bonds. The molecule has 0 saturated carbocycles. The Hall–Kier alpha value is -1.06. The number of likely N-dealkylation sites (N-methyl/N-ethyl adjacent to an activating group) is 1. The van der Waals surface area contributed by atoms with Gasteiger partial charge in [0.1, 0.15) is 5.75 Å². The Balaban J connectivity index is 2.26. The van der Waals surface area contributed by atoms with Gasteiger partial charge in [0.25, 0.3) is 0 Å². The van der Waals surface area contributed by atoms with Crippen molar-refractivity contribution in [3.63, 3.8) is 0 Å². The molecule has 3 heteroatoms. The standard InChI is InChI=1S/C13H19NO2/c1-14-8-7-13(9-14,10-15)11-3-5-12(16-2)6-4-11/h3-6,15H,7-10H2,1-2H3. The van der Waals surface area contributed by atoms with E-state index in [0.29, 0.717) is 0 Å². The first kappa shape index (κ1) is 11.4. The van der Waals surface area contributed by atoms with Gasteiger partial charge < -0.3 is 14.7 Å². The molecule has 1 aromatic carbocycles. The average Bonchev–Trinajstić information content (AvgIpc) is 2.72. The van der Waals surface area contributed by atoms with Crippen LogP contribution in [0.5, 0.6) is 5.75 Å². The lowest BCUT2D eigenvalue weighted by Crippen LogP contribution is -2.33. The van der Waals surface area contributed by atoms with Crippen molar-refractivity contribution in [1.29, 1.82) is 0 Å². The van der Waals surface area contributed by atoms with Crippen LogP contribution >= 0.6 is 0 Å². The molecule has 1 N–H and O–H groups in total. The summed E-state index contributed by atoms with van der Waals surface area (Å²) < 4.78 is 5.15. The van der Waals surface area contributed by atoms with Crippen LogP contribution in [-0.4, -0.2) is 43.9 Å². The van der Waals surface area contributed by atoms with Crippen LogP contribution in [0.2, 0.25) is 0 Å². The molecule has 1 aliphatic heterocycles. The number of methoxy groups -OCH3 is 1. The highest BCUT2D eigenvalue weighted by Gasteiger charge is 2.37. The van der Waals surface area contributed by atoms with E-state index in [4.69, 9.17) is 4.74 Å². The van der Waals surface area contributed by atoms with E-state index in [1.807, 2.05) is 12.1 Å². The number of aliphatic hydroxyl groups is 1. The molecule has 0 bridgehead atoms. The molecular weight excluding hydrogens is 202 g/mol. The Kier molecular flexibility index (Phi) is 3.17. The van der Waals surface area contributed by atoms with Crippen LogP contribution in [0.1, 0.15) is 12.0 Å². The maximum atomic E-state index is 9.66. The largest absolute Gasteiger partial charge is 0.497 e. The van der Waals surface area contributed by atoms with E-state index < -0.39 is 0 Å². The molecule has 1 aliphatic rings. The summed E-state index contributed by atoms with van der Waals surface area (Å²) >= 11 is 0. The molecule has 1 atom stereocenters. The molecule has 1 heterocycles. The predicted octanol–water partition coefficient (Wildman–Crippen LogP) is 1.26. The summed E-state index contributed by atoms with van der Waals surface area (Å²) in [6.45, 7) is 2.19. The van der Waals surface area contributed by atoms with Crippen molar-refractivity contribution < 1.29 is 9.84 Å². The summed E-state index contributed by atoms with van der Waals surface area (Å²) in [4.78, 5) is 2.26. The Morgan fingerprint density at radius 1 is 1.38 bits per heavy atom. The first-order chi connectivity index (χ1) is 7.70. The van der Waals surface area contributed by atoms with Crippen molar-refractivity contribution in [3.8, 4) is 5.75 Å². The van der Waals surface area contributed by atoms with E-state index in [1.165, 1.54) is 5.56 Å². The maximum Gasteiger partial charge on any atom is 0.118 e. The van der Waals surface area contributed by atoms with E-state index in [0.717, 1.165) is 25.3 Å². The Morgan fingerprint density at radius 2 is 2.06 bits per heavy atom. The summed E-state index contributed by atoms with van der Waals surface area (Å²) in [6.07, 6.45) is 1.02. The summed E-state index contributed by atoms with van der Waals surface area (Å²) in [6, 6.07) is 8.05. The highest BCUT2D eigenvalue weighted by Crippen LogP contribution is 2.34. The van der Waals surface area contributed by atoms with Crippen molar-refractivity contribution in [3.05, 3.63) is 29.8 Å². The third kappa shape index (κ3) is 1.93. The minimum atomic E-state index is -0.0823. The Labute approximate surface area is 96.6 Å². The summed E-state index contributed by atoms with van der Waals surface area (Å²) in [5.41, 5.74) is 1.13. The molecule has 0 spiro atoms. The van der Waals surface area contributed by atoms with Crippen LogP contribution in [0.25, 0.3) is 0 Å². The van der Waals surface area contributed by atoms with Crippen molar-refractivity contribution in [2.24, 2.45) is 0 Å². The van der Waals surface area contributed by atoms with Gasteiger partial charge in [0.05, 0.1) is 13.7 Å². The highest BCUT2D eigenvalue weighted by molar-refractivity contribution is 5.33. The van der Waals surface area contributed by atoms with Gasteiger partial charge in [-0.3, -0.25) is 0 Å². The SMILES string of the molecule is COc1ccc(C2(CO)CCN(C)C2)cc1.